The van der Waals surface area contributed by atoms with Crippen molar-refractivity contribution < 1.29 is 14.2 Å². The number of hydrogen-bond acceptors (Lipinski definition) is 5. The fourth-order valence-corrected chi connectivity index (χ4v) is 2.43. The molecule has 1 saturated heterocycles. The van der Waals surface area contributed by atoms with E-state index >= 15 is 0 Å². The minimum Gasteiger partial charge on any atom is -0.494 e. The van der Waals surface area contributed by atoms with Crippen molar-refractivity contribution in [1.82, 2.24) is 10.2 Å². The van der Waals surface area contributed by atoms with E-state index in [2.05, 4.69) is 10.2 Å². The lowest BCUT2D eigenvalue weighted by molar-refractivity contribution is -0.0291. The smallest absolute Gasteiger partial charge is 0.119 e. The van der Waals surface area contributed by atoms with Gasteiger partial charge in [0.2, 0.25) is 0 Å². The standard InChI is InChI=1S/C16H26N2O3/c1-3-19-14-4-6-15(7-5-14)20-10-8-18-9-11-21-16(13-18)12-17-2/h4-7,16-17H,3,8-13H2,1-2H3. The molecule has 1 aliphatic rings. The molecule has 2 rings (SSSR count). The first-order valence-electron chi connectivity index (χ1n) is 7.66. The van der Waals surface area contributed by atoms with E-state index in [1.807, 2.05) is 38.2 Å². The van der Waals surface area contributed by atoms with Crippen molar-refractivity contribution in [3.63, 3.8) is 0 Å². The largest absolute Gasteiger partial charge is 0.494 e. The molecule has 0 amide bonds. The van der Waals surface area contributed by atoms with Crippen LogP contribution in [0.4, 0.5) is 0 Å². The normalized spacial score (nSPS) is 19.4. The van der Waals surface area contributed by atoms with E-state index < -0.39 is 0 Å². The van der Waals surface area contributed by atoms with Crippen molar-refractivity contribution in [2.75, 3.05) is 53.0 Å². The fraction of sp³-hybridized carbons (Fsp3) is 0.625. The summed E-state index contributed by atoms with van der Waals surface area (Å²) in [5.74, 6) is 1.77. The first-order chi connectivity index (χ1) is 10.3. The van der Waals surface area contributed by atoms with Gasteiger partial charge >= 0.3 is 0 Å². The Labute approximate surface area is 127 Å². The van der Waals surface area contributed by atoms with Crippen LogP contribution in [0, 0.1) is 0 Å². The zero-order valence-electron chi connectivity index (χ0n) is 13.0. The Kier molecular flexibility index (Phi) is 6.79. The second-order valence-electron chi connectivity index (χ2n) is 5.10. The zero-order valence-corrected chi connectivity index (χ0v) is 13.0. The van der Waals surface area contributed by atoms with Crippen molar-refractivity contribution in [3.05, 3.63) is 24.3 Å². The average molecular weight is 294 g/mol. The topological polar surface area (TPSA) is 43.0 Å². The molecule has 1 fully saturated rings. The molecule has 1 aromatic carbocycles. The number of rotatable bonds is 8. The SMILES string of the molecule is CCOc1ccc(OCCN2CCOC(CNC)C2)cc1. The second-order valence-corrected chi connectivity index (χ2v) is 5.10. The third-order valence-electron chi connectivity index (χ3n) is 3.47. The molecule has 1 aromatic rings. The highest BCUT2D eigenvalue weighted by atomic mass is 16.5. The summed E-state index contributed by atoms with van der Waals surface area (Å²) in [7, 11) is 1.96. The van der Waals surface area contributed by atoms with Crippen molar-refractivity contribution in [1.29, 1.82) is 0 Å². The Morgan fingerprint density at radius 2 is 1.95 bits per heavy atom. The molecule has 118 valence electrons. The van der Waals surface area contributed by atoms with Crippen LogP contribution in [0.25, 0.3) is 0 Å². The van der Waals surface area contributed by atoms with Crippen LogP contribution in [0.5, 0.6) is 11.5 Å². The van der Waals surface area contributed by atoms with Crippen molar-refractivity contribution in [2.24, 2.45) is 0 Å². The summed E-state index contributed by atoms with van der Waals surface area (Å²) in [6.45, 7) is 7.93. The molecule has 0 aliphatic carbocycles. The van der Waals surface area contributed by atoms with Gasteiger partial charge in [0.1, 0.15) is 18.1 Å². The van der Waals surface area contributed by atoms with Crippen LogP contribution in [0.3, 0.4) is 0 Å². The van der Waals surface area contributed by atoms with Crippen LogP contribution in [-0.4, -0.2) is 64.1 Å². The molecule has 1 atom stereocenters. The van der Waals surface area contributed by atoms with Gasteiger partial charge in [0, 0.05) is 26.2 Å². The van der Waals surface area contributed by atoms with E-state index in [-0.39, 0.29) is 6.10 Å². The average Bonchev–Trinajstić information content (AvgIpc) is 2.50. The van der Waals surface area contributed by atoms with E-state index in [4.69, 9.17) is 14.2 Å². The number of hydrogen-bond donors (Lipinski definition) is 1. The number of ether oxygens (including phenoxy) is 3. The van der Waals surface area contributed by atoms with Crippen molar-refractivity contribution in [2.45, 2.75) is 13.0 Å². The van der Waals surface area contributed by atoms with E-state index in [9.17, 15) is 0 Å². The predicted molar refractivity (Wildman–Crippen MR) is 83.2 cm³/mol. The maximum absolute atomic E-state index is 5.78. The van der Waals surface area contributed by atoms with Gasteiger partial charge < -0.3 is 19.5 Å². The van der Waals surface area contributed by atoms with Crippen LogP contribution >= 0.6 is 0 Å². The molecule has 0 spiro atoms. The van der Waals surface area contributed by atoms with Gasteiger partial charge in [-0.15, -0.1) is 0 Å². The quantitative estimate of drug-likeness (QED) is 0.785. The van der Waals surface area contributed by atoms with Crippen LogP contribution in [0.1, 0.15) is 6.92 Å². The molecule has 1 unspecified atom stereocenters. The summed E-state index contributed by atoms with van der Waals surface area (Å²) in [5, 5.41) is 3.16. The number of nitrogens with zero attached hydrogens (tertiary/aromatic N) is 1. The van der Waals surface area contributed by atoms with E-state index in [0.29, 0.717) is 13.2 Å². The summed E-state index contributed by atoms with van der Waals surface area (Å²) < 4.78 is 16.9. The van der Waals surface area contributed by atoms with Gasteiger partial charge in [-0.25, -0.2) is 0 Å². The summed E-state index contributed by atoms with van der Waals surface area (Å²) in [4.78, 5) is 2.39. The minimum absolute atomic E-state index is 0.286. The zero-order chi connectivity index (χ0) is 14.9. The van der Waals surface area contributed by atoms with Gasteiger partial charge in [-0.3, -0.25) is 4.90 Å². The molecule has 0 saturated carbocycles. The molecule has 1 aliphatic heterocycles. The summed E-state index contributed by atoms with van der Waals surface area (Å²) in [6, 6.07) is 7.79. The fourth-order valence-electron chi connectivity index (χ4n) is 2.43. The maximum Gasteiger partial charge on any atom is 0.119 e. The second kappa shape index (κ2) is 8.87. The molecule has 5 nitrogen and oxygen atoms in total. The van der Waals surface area contributed by atoms with Crippen LogP contribution < -0.4 is 14.8 Å². The lowest BCUT2D eigenvalue weighted by Gasteiger charge is -2.32. The minimum atomic E-state index is 0.286. The van der Waals surface area contributed by atoms with Gasteiger partial charge in [-0.05, 0) is 38.2 Å². The lowest BCUT2D eigenvalue weighted by Crippen LogP contribution is -2.47. The highest BCUT2D eigenvalue weighted by molar-refractivity contribution is 5.31. The molecule has 0 radical (unpaired) electrons. The van der Waals surface area contributed by atoms with Gasteiger partial charge in [0.15, 0.2) is 0 Å². The molecule has 1 heterocycles. The number of morpholine rings is 1. The molecule has 0 aromatic heterocycles. The Balaban J connectivity index is 1.68. The molecule has 5 heteroatoms. The molecule has 1 N–H and O–H groups in total. The Morgan fingerprint density at radius 3 is 2.62 bits per heavy atom. The monoisotopic (exact) mass is 294 g/mol. The number of benzene rings is 1. The van der Waals surface area contributed by atoms with Crippen molar-refractivity contribution in [3.8, 4) is 11.5 Å². The Bertz CT molecular complexity index is 395. The van der Waals surface area contributed by atoms with E-state index in [1.54, 1.807) is 0 Å². The molecular weight excluding hydrogens is 268 g/mol. The first-order valence-corrected chi connectivity index (χ1v) is 7.66. The van der Waals surface area contributed by atoms with Crippen molar-refractivity contribution >= 4 is 0 Å². The van der Waals surface area contributed by atoms with Crippen LogP contribution in [0.2, 0.25) is 0 Å². The Morgan fingerprint density at radius 1 is 1.24 bits per heavy atom. The lowest BCUT2D eigenvalue weighted by atomic mass is 10.2. The number of likely N-dealkylation sites (N-methyl/N-ethyl adjacent to an activating group) is 1. The third kappa shape index (κ3) is 5.53. The van der Waals surface area contributed by atoms with Crippen LogP contribution in [0.15, 0.2) is 24.3 Å². The van der Waals surface area contributed by atoms with Gasteiger partial charge in [-0.2, -0.15) is 0 Å². The van der Waals surface area contributed by atoms with Gasteiger partial charge in [0.25, 0.3) is 0 Å². The molecule has 0 bridgehead atoms. The third-order valence-corrected chi connectivity index (χ3v) is 3.47. The maximum atomic E-state index is 5.78. The van der Waals surface area contributed by atoms with Gasteiger partial charge in [-0.1, -0.05) is 0 Å². The van der Waals surface area contributed by atoms with E-state index in [0.717, 1.165) is 44.3 Å². The Hall–Kier alpha value is -1.30. The highest BCUT2D eigenvalue weighted by Crippen LogP contribution is 2.17. The summed E-state index contributed by atoms with van der Waals surface area (Å²) in [6.07, 6.45) is 0.286. The molecular formula is C16H26N2O3. The van der Waals surface area contributed by atoms with Gasteiger partial charge in [0.05, 0.1) is 19.3 Å². The van der Waals surface area contributed by atoms with E-state index in [1.165, 1.54) is 0 Å². The van der Waals surface area contributed by atoms with Crippen LogP contribution in [-0.2, 0) is 4.74 Å². The first kappa shape index (κ1) is 16.1. The summed E-state index contributed by atoms with van der Waals surface area (Å²) in [5.41, 5.74) is 0. The molecule has 21 heavy (non-hydrogen) atoms. The highest BCUT2D eigenvalue weighted by Gasteiger charge is 2.19. The number of nitrogens with one attached hydrogen (secondary N) is 1. The summed E-state index contributed by atoms with van der Waals surface area (Å²) >= 11 is 0. The predicted octanol–water partition coefficient (Wildman–Crippen LogP) is 1.38.